The average molecular weight is 343 g/mol. The summed E-state index contributed by atoms with van der Waals surface area (Å²) in [4.78, 5) is 13.4. The molecule has 0 aliphatic heterocycles. The lowest BCUT2D eigenvalue weighted by Gasteiger charge is -2.18. The summed E-state index contributed by atoms with van der Waals surface area (Å²) in [6, 6.07) is 16.1. The Bertz CT molecular complexity index is 652. The molecule has 2 aromatic carbocycles. The number of carbonyl (C=O) groups excluding carboxylic acids is 1. The summed E-state index contributed by atoms with van der Waals surface area (Å²) in [5.74, 6) is 0.851. The van der Waals surface area contributed by atoms with Gasteiger partial charge in [-0.05, 0) is 52.0 Å². The minimum Gasteiger partial charge on any atom is -0.491 e. The van der Waals surface area contributed by atoms with Crippen molar-refractivity contribution in [1.29, 1.82) is 0 Å². The summed E-state index contributed by atoms with van der Waals surface area (Å²) in [5, 5.41) is 2.86. The summed E-state index contributed by atoms with van der Waals surface area (Å²) in [6.07, 6.45) is 0. The highest BCUT2D eigenvalue weighted by molar-refractivity contribution is 8.00. The fourth-order valence-corrected chi connectivity index (χ4v) is 3.01. The maximum absolute atomic E-state index is 12.3. The van der Waals surface area contributed by atoms with E-state index in [4.69, 9.17) is 4.74 Å². The molecule has 2 atom stereocenters. The van der Waals surface area contributed by atoms with Gasteiger partial charge in [0, 0.05) is 4.90 Å². The molecule has 0 radical (unpaired) electrons. The minimum atomic E-state index is -0.144. The van der Waals surface area contributed by atoms with Crippen molar-refractivity contribution in [2.75, 3.05) is 6.61 Å². The zero-order valence-electron chi connectivity index (χ0n) is 14.7. The van der Waals surface area contributed by atoms with Crippen LogP contribution in [0.1, 0.15) is 25.0 Å². The van der Waals surface area contributed by atoms with Gasteiger partial charge in [0.1, 0.15) is 12.4 Å². The van der Waals surface area contributed by atoms with E-state index in [9.17, 15) is 4.79 Å². The van der Waals surface area contributed by atoms with Crippen LogP contribution in [0, 0.1) is 13.8 Å². The molecule has 0 bridgehead atoms. The Kier molecular flexibility index (Phi) is 6.73. The van der Waals surface area contributed by atoms with Gasteiger partial charge in [-0.25, -0.2) is 0 Å². The highest BCUT2D eigenvalue weighted by atomic mass is 32.2. The quantitative estimate of drug-likeness (QED) is 0.759. The zero-order valence-corrected chi connectivity index (χ0v) is 15.5. The number of nitrogens with one attached hydrogen (secondary N) is 1. The van der Waals surface area contributed by atoms with Gasteiger partial charge in [-0.2, -0.15) is 0 Å². The first-order valence-electron chi connectivity index (χ1n) is 8.17. The molecule has 1 N–H and O–H groups in total. The monoisotopic (exact) mass is 343 g/mol. The molecule has 0 saturated carbocycles. The van der Waals surface area contributed by atoms with E-state index in [0.717, 1.165) is 10.6 Å². The van der Waals surface area contributed by atoms with Crippen LogP contribution in [0.15, 0.2) is 53.4 Å². The topological polar surface area (TPSA) is 38.3 Å². The third-order valence-corrected chi connectivity index (χ3v) is 4.72. The summed E-state index contributed by atoms with van der Waals surface area (Å²) in [5.41, 5.74) is 2.42. The fourth-order valence-electron chi connectivity index (χ4n) is 2.13. The van der Waals surface area contributed by atoms with Gasteiger partial charge in [0.2, 0.25) is 5.91 Å². The van der Waals surface area contributed by atoms with Crippen molar-refractivity contribution in [3.05, 3.63) is 59.7 Å². The number of hydrogen-bond acceptors (Lipinski definition) is 3. The second-order valence-corrected chi connectivity index (χ2v) is 7.52. The third kappa shape index (κ3) is 5.93. The van der Waals surface area contributed by atoms with E-state index >= 15 is 0 Å². The van der Waals surface area contributed by atoms with E-state index in [-0.39, 0.29) is 17.2 Å². The summed E-state index contributed by atoms with van der Waals surface area (Å²) in [7, 11) is 0. The summed E-state index contributed by atoms with van der Waals surface area (Å²) in [6.45, 7) is 8.43. The number of aryl methyl sites for hydroxylation is 2. The van der Waals surface area contributed by atoms with E-state index in [1.54, 1.807) is 11.8 Å². The molecule has 0 fully saturated rings. The van der Waals surface area contributed by atoms with Gasteiger partial charge in [0.25, 0.3) is 0 Å². The molecule has 0 unspecified atom stereocenters. The van der Waals surface area contributed by atoms with Crippen molar-refractivity contribution < 1.29 is 9.53 Å². The minimum absolute atomic E-state index is 0.0283. The van der Waals surface area contributed by atoms with Crippen LogP contribution >= 0.6 is 11.8 Å². The molecule has 128 valence electrons. The second-order valence-electron chi connectivity index (χ2n) is 6.11. The first-order valence-corrected chi connectivity index (χ1v) is 9.05. The molecule has 0 aromatic heterocycles. The van der Waals surface area contributed by atoms with E-state index in [1.165, 1.54) is 11.1 Å². The Hall–Kier alpha value is -1.94. The lowest BCUT2D eigenvalue weighted by molar-refractivity contribution is -0.121. The van der Waals surface area contributed by atoms with E-state index < -0.39 is 0 Å². The molecule has 2 rings (SSSR count). The van der Waals surface area contributed by atoms with Gasteiger partial charge in [-0.3, -0.25) is 4.79 Å². The summed E-state index contributed by atoms with van der Waals surface area (Å²) >= 11 is 1.57. The summed E-state index contributed by atoms with van der Waals surface area (Å²) < 4.78 is 5.71. The number of thioether (sulfide) groups is 1. The van der Waals surface area contributed by atoms with E-state index in [1.807, 2.05) is 57.2 Å². The molecule has 0 aliphatic rings. The first-order chi connectivity index (χ1) is 11.4. The molecule has 3 nitrogen and oxygen atoms in total. The van der Waals surface area contributed by atoms with Crippen molar-refractivity contribution in [2.45, 2.75) is 43.9 Å². The van der Waals surface area contributed by atoms with Crippen molar-refractivity contribution in [2.24, 2.45) is 0 Å². The number of benzene rings is 2. The SMILES string of the molecule is Cc1ccc(OC[C@H](C)NC(=O)[C@@H](C)Sc2ccc(C)cc2)cc1. The van der Waals surface area contributed by atoms with Crippen LogP contribution in [0.4, 0.5) is 0 Å². The van der Waals surface area contributed by atoms with Crippen LogP contribution in [-0.4, -0.2) is 23.8 Å². The molecule has 2 aromatic rings. The molecule has 0 spiro atoms. The average Bonchev–Trinajstić information content (AvgIpc) is 2.56. The molecule has 24 heavy (non-hydrogen) atoms. The first kappa shape index (κ1) is 18.4. The Morgan fingerprint density at radius 2 is 1.54 bits per heavy atom. The molecule has 1 amide bonds. The normalized spacial score (nSPS) is 13.2. The zero-order chi connectivity index (χ0) is 17.5. The molecular weight excluding hydrogens is 318 g/mol. The van der Waals surface area contributed by atoms with Gasteiger partial charge < -0.3 is 10.1 Å². The Labute approximate surface area is 148 Å². The van der Waals surface area contributed by atoms with Crippen molar-refractivity contribution in [1.82, 2.24) is 5.32 Å². The predicted octanol–water partition coefficient (Wildman–Crippen LogP) is 4.37. The van der Waals surface area contributed by atoms with Crippen LogP contribution in [-0.2, 0) is 4.79 Å². The number of rotatable bonds is 7. The maximum atomic E-state index is 12.3. The highest BCUT2D eigenvalue weighted by Crippen LogP contribution is 2.23. The molecule has 0 saturated heterocycles. The van der Waals surface area contributed by atoms with Crippen LogP contribution < -0.4 is 10.1 Å². The Morgan fingerprint density at radius 3 is 2.12 bits per heavy atom. The number of ether oxygens (including phenoxy) is 1. The van der Waals surface area contributed by atoms with Gasteiger partial charge in [0.05, 0.1) is 11.3 Å². The van der Waals surface area contributed by atoms with Gasteiger partial charge >= 0.3 is 0 Å². The van der Waals surface area contributed by atoms with E-state index in [2.05, 4.69) is 24.4 Å². The standard InChI is InChI=1S/C20H25NO2S/c1-14-5-9-18(10-6-14)23-13-16(3)21-20(22)17(4)24-19-11-7-15(2)8-12-19/h5-12,16-17H,13H2,1-4H3,(H,21,22)/t16-,17+/m0/s1. The Morgan fingerprint density at radius 1 is 1.00 bits per heavy atom. The van der Waals surface area contributed by atoms with Gasteiger partial charge in [0.15, 0.2) is 0 Å². The maximum Gasteiger partial charge on any atom is 0.233 e. The van der Waals surface area contributed by atoms with Crippen LogP contribution in [0.5, 0.6) is 5.75 Å². The number of carbonyl (C=O) groups is 1. The van der Waals surface area contributed by atoms with Crippen molar-refractivity contribution in [3.8, 4) is 5.75 Å². The molecule has 4 heteroatoms. The predicted molar refractivity (Wildman–Crippen MR) is 101 cm³/mol. The number of amides is 1. The highest BCUT2D eigenvalue weighted by Gasteiger charge is 2.16. The van der Waals surface area contributed by atoms with Crippen molar-refractivity contribution >= 4 is 17.7 Å². The Balaban J connectivity index is 1.77. The van der Waals surface area contributed by atoms with Crippen LogP contribution in [0.3, 0.4) is 0 Å². The lowest BCUT2D eigenvalue weighted by atomic mass is 10.2. The van der Waals surface area contributed by atoms with Gasteiger partial charge in [-0.15, -0.1) is 11.8 Å². The van der Waals surface area contributed by atoms with Crippen LogP contribution in [0.25, 0.3) is 0 Å². The second kappa shape index (κ2) is 8.78. The number of hydrogen-bond donors (Lipinski definition) is 1. The third-order valence-electron chi connectivity index (χ3n) is 3.61. The largest absolute Gasteiger partial charge is 0.491 e. The fraction of sp³-hybridized carbons (Fsp3) is 0.350. The van der Waals surface area contributed by atoms with Crippen molar-refractivity contribution in [3.63, 3.8) is 0 Å². The van der Waals surface area contributed by atoms with E-state index in [0.29, 0.717) is 6.61 Å². The molecular formula is C20H25NO2S. The van der Waals surface area contributed by atoms with Crippen LogP contribution in [0.2, 0.25) is 0 Å². The smallest absolute Gasteiger partial charge is 0.233 e. The molecule has 0 heterocycles. The van der Waals surface area contributed by atoms with Gasteiger partial charge in [-0.1, -0.05) is 35.4 Å². The lowest BCUT2D eigenvalue weighted by Crippen LogP contribution is -2.40. The molecule has 0 aliphatic carbocycles.